The number of ether oxygens (including phenoxy) is 3. The quantitative estimate of drug-likeness (QED) is 0.0261. The second-order valence-corrected chi connectivity index (χ2v) is 22.3. The molecule has 0 saturated carbocycles. The molecule has 0 aliphatic carbocycles. The number of hydrogen-bond acceptors (Lipinski definition) is 6. The highest BCUT2D eigenvalue weighted by molar-refractivity contribution is 5.71. The normalized spacial score (nSPS) is 13.0. The van der Waals surface area contributed by atoms with E-state index in [9.17, 15) is 14.4 Å². The average Bonchev–Trinajstić information content (AvgIpc) is 3.49. The van der Waals surface area contributed by atoms with Gasteiger partial charge in [0.2, 0.25) is 0 Å². The Morgan fingerprint density at radius 1 is 0.253 bits per heavy atom. The molecule has 1 unspecified atom stereocenters. The Morgan fingerprint density at radius 3 is 0.735 bits per heavy atom. The molecule has 0 fully saturated rings. The topological polar surface area (TPSA) is 78.9 Å². The fraction of sp³-hybridized carbons (Fsp3) is 0.649. The van der Waals surface area contributed by atoms with Crippen LogP contribution in [-0.4, -0.2) is 37.2 Å². The van der Waals surface area contributed by atoms with Crippen LogP contribution in [0.5, 0.6) is 0 Å². The summed E-state index contributed by atoms with van der Waals surface area (Å²) in [4.78, 5) is 38.4. The first kappa shape index (κ1) is 78.3. The molecule has 0 aromatic carbocycles. The molecular weight excluding hydrogens is 1020 g/mol. The van der Waals surface area contributed by atoms with E-state index in [0.717, 1.165) is 161 Å². The minimum absolute atomic E-state index is 0.0957. The fourth-order valence-corrected chi connectivity index (χ4v) is 9.23. The highest BCUT2D eigenvalue weighted by Gasteiger charge is 2.19. The Kier molecular flexibility index (Phi) is 65.8. The van der Waals surface area contributed by atoms with E-state index in [-0.39, 0.29) is 31.1 Å². The summed E-state index contributed by atoms with van der Waals surface area (Å²) in [5, 5.41) is 0. The van der Waals surface area contributed by atoms with Crippen LogP contribution in [0, 0.1) is 0 Å². The van der Waals surface area contributed by atoms with Gasteiger partial charge in [0.05, 0.1) is 0 Å². The van der Waals surface area contributed by atoms with Crippen molar-refractivity contribution < 1.29 is 28.6 Å². The predicted molar refractivity (Wildman–Crippen MR) is 362 cm³/mol. The Morgan fingerprint density at radius 2 is 0.470 bits per heavy atom. The summed E-state index contributed by atoms with van der Waals surface area (Å²) in [7, 11) is 0. The van der Waals surface area contributed by atoms with E-state index in [1.807, 2.05) is 0 Å². The Hall–Kier alpha value is -4.71. The zero-order chi connectivity index (χ0) is 59.9. The number of allylic oxidation sites excluding steroid dienone is 24. The van der Waals surface area contributed by atoms with Gasteiger partial charge in [-0.05, 0) is 141 Å². The van der Waals surface area contributed by atoms with Crippen LogP contribution in [0.15, 0.2) is 146 Å². The monoisotopic (exact) mass is 1150 g/mol. The molecule has 470 valence electrons. The maximum Gasteiger partial charge on any atom is 0.306 e. The molecular formula is C77H126O6. The summed E-state index contributed by atoms with van der Waals surface area (Å²) in [5.74, 6) is -0.924. The first-order valence-corrected chi connectivity index (χ1v) is 34.3. The number of carbonyl (C=O) groups is 3. The lowest BCUT2D eigenvalue weighted by molar-refractivity contribution is -0.167. The second kappa shape index (κ2) is 69.8. The van der Waals surface area contributed by atoms with Gasteiger partial charge in [-0.25, -0.2) is 0 Å². The zero-order valence-electron chi connectivity index (χ0n) is 53.9. The second-order valence-electron chi connectivity index (χ2n) is 22.3. The van der Waals surface area contributed by atoms with E-state index in [1.165, 1.54) is 103 Å². The van der Waals surface area contributed by atoms with E-state index in [2.05, 4.69) is 167 Å². The number of carbonyl (C=O) groups excluding carboxylic acids is 3. The molecule has 1 atom stereocenters. The maximum absolute atomic E-state index is 13.0. The maximum atomic E-state index is 13.0. The molecule has 0 bridgehead atoms. The molecule has 0 aliphatic heterocycles. The van der Waals surface area contributed by atoms with Crippen LogP contribution in [0.25, 0.3) is 0 Å². The zero-order valence-corrected chi connectivity index (χ0v) is 53.9. The molecule has 6 nitrogen and oxygen atoms in total. The van der Waals surface area contributed by atoms with E-state index in [4.69, 9.17) is 14.2 Å². The molecule has 0 heterocycles. The van der Waals surface area contributed by atoms with E-state index < -0.39 is 6.10 Å². The molecule has 0 saturated heterocycles. The van der Waals surface area contributed by atoms with Crippen molar-refractivity contribution in [1.29, 1.82) is 0 Å². The summed E-state index contributed by atoms with van der Waals surface area (Å²) in [6, 6.07) is 0. The van der Waals surface area contributed by atoms with Crippen LogP contribution in [0.3, 0.4) is 0 Å². The van der Waals surface area contributed by atoms with Crippen LogP contribution in [0.1, 0.15) is 303 Å². The summed E-state index contributed by atoms with van der Waals surface area (Å²) < 4.78 is 17.0. The molecule has 0 aromatic rings. The predicted octanol–water partition coefficient (Wildman–Crippen LogP) is 23.9. The van der Waals surface area contributed by atoms with Crippen molar-refractivity contribution in [3.05, 3.63) is 146 Å². The number of rotatable bonds is 61. The number of esters is 3. The molecule has 0 spiro atoms. The van der Waals surface area contributed by atoms with Crippen LogP contribution >= 0.6 is 0 Å². The van der Waals surface area contributed by atoms with Gasteiger partial charge in [0, 0.05) is 19.3 Å². The average molecular weight is 1150 g/mol. The highest BCUT2D eigenvalue weighted by atomic mass is 16.6. The minimum Gasteiger partial charge on any atom is -0.462 e. The van der Waals surface area contributed by atoms with Crippen LogP contribution < -0.4 is 0 Å². The lowest BCUT2D eigenvalue weighted by Crippen LogP contribution is -2.30. The lowest BCUT2D eigenvalue weighted by Gasteiger charge is -2.18. The van der Waals surface area contributed by atoms with Crippen LogP contribution in [0.4, 0.5) is 0 Å². The van der Waals surface area contributed by atoms with E-state index in [0.29, 0.717) is 19.3 Å². The molecule has 0 N–H and O–H groups in total. The molecule has 6 heteroatoms. The van der Waals surface area contributed by atoms with Gasteiger partial charge in [-0.15, -0.1) is 0 Å². The molecule has 83 heavy (non-hydrogen) atoms. The van der Waals surface area contributed by atoms with Gasteiger partial charge in [-0.1, -0.05) is 289 Å². The van der Waals surface area contributed by atoms with Crippen molar-refractivity contribution in [3.63, 3.8) is 0 Å². The van der Waals surface area contributed by atoms with Gasteiger partial charge in [0.1, 0.15) is 13.2 Å². The summed E-state index contributed by atoms with van der Waals surface area (Å²) >= 11 is 0. The van der Waals surface area contributed by atoms with Gasteiger partial charge >= 0.3 is 17.9 Å². The molecule has 0 aliphatic rings. The molecule has 0 amide bonds. The third-order valence-corrected chi connectivity index (χ3v) is 14.3. The van der Waals surface area contributed by atoms with Crippen molar-refractivity contribution in [1.82, 2.24) is 0 Å². The molecule has 0 rings (SSSR count). The van der Waals surface area contributed by atoms with Crippen molar-refractivity contribution in [3.8, 4) is 0 Å². The third kappa shape index (κ3) is 68.0. The van der Waals surface area contributed by atoms with Crippen LogP contribution in [0.2, 0.25) is 0 Å². The van der Waals surface area contributed by atoms with Crippen LogP contribution in [-0.2, 0) is 28.6 Å². The smallest absolute Gasteiger partial charge is 0.306 e. The lowest BCUT2D eigenvalue weighted by atomic mass is 10.1. The first-order chi connectivity index (χ1) is 41.0. The molecule has 0 aromatic heterocycles. The van der Waals surface area contributed by atoms with Crippen molar-refractivity contribution in [2.75, 3.05) is 13.2 Å². The summed E-state index contributed by atoms with van der Waals surface area (Å²) in [6.07, 6.45) is 100.0. The van der Waals surface area contributed by atoms with Gasteiger partial charge in [-0.3, -0.25) is 14.4 Å². The Bertz CT molecular complexity index is 1800. The van der Waals surface area contributed by atoms with Gasteiger partial charge in [0.25, 0.3) is 0 Å². The standard InChI is InChI=1S/C77H126O6/c1-4-7-10-13-16-19-22-25-28-30-32-34-36-37-38-39-41-42-44-46-49-52-55-58-61-64-67-70-76(79)82-73-74(72-81-75(78)69-66-63-60-57-54-51-48-27-24-21-18-15-12-9-6-3)83-77(80)71-68-65-62-59-56-53-50-47-45-43-40-35-33-31-29-26-23-20-17-14-11-8-5-2/h7,9-10,12,16,18-19,21,23,25-28,31-34,37-38,40-43,48,74H,4-6,8,11,13-15,17,20,22,24,29-30,35-36,39,44-47,49-73H2,1-3H3/b10-7-,12-9-,19-16-,21-18-,26-23-,28-25-,33-31-,34-32-,38-37-,42-41-,43-40-,48-27-. The summed E-state index contributed by atoms with van der Waals surface area (Å²) in [5.41, 5.74) is 0. The van der Waals surface area contributed by atoms with Crippen molar-refractivity contribution in [2.24, 2.45) is 0 Å². The van der Waals surface area contributed by atoms with Crippen molar-refractivity contribution >= 4 is 17.9 Å². The van der Waals surface area contributed by atoms with Gasteiger partial charge < -0.3 is 14.2 Å². The van der Waals surface area contributed by atoms with Gasteiger partial charge in [-0.2, -0.15) is 0 Å². The Labute approximate surface area is 512 Å². The fourth-order valence-electron chi connectivity index (χ4n) is 9.23. The first-order valence-electron chi connectivity index (χ1n) is 34.3. The van der Waals surface area contributed by atoms with E-state index >= 15 is 0 Å². The highest BCUT2D eigenvalue weighted by Crippen LogP contribution is 2.15. The van der Waals surface area contributed by atoms with E-state index in [1.54, 1.807) is 0 Å². The SMILES string of the molecule is CC/C=C\C/C=C\C/C=C\C/C=C\C/C=C\C/C=C\CCCCCCCCCCC(=O)OCC(COC(=O)CCCCCCC/C=C\C/C=C\C/C=C\CC)OC(=O)CCCCCCCCCC/C=C\C/C=C\C/C=C\CCCCCCC. The third-order valence-electron chi connectivity index (χ3n) is 14.3. The molecule has 0 radical (unpaired) electrons. The Balaban J connectivity index is 4.41. The minimum atomic E-state index is -0.801. The summed E-state index contributed by atoms with van der Waals surface area (Å²) in [6.45, 7) is 6.39. The largest absolute Gasteiger partial charge is 0.462 e. The van der Waals surface area contributed by atoms with Crippen molar-refractivity contribution in [2.45, 2.75) is 309 Å². The number of unbranched alkanes of at least 4 members (excludes halogenated alkanes) is 26. The van der Waals surface area contributed by atoms with Gasteiger partial charge in [0.15, 0.2) is 6.10 Å². The number of hydrogen-bond donors (Lipinski definition) is 0.